The first-order chi connectivity index (χ1) is 6.97. The minimum Gasteiger partial charge on any atom is -0.328 e. The third-order valence-corrected chi connectivity index (χ3v) is 3.22. The maximum atomic E-state index is 11.9. The molecule has 0 heterocycles. The largest absolute Gasteiger partial charge is 0.389 e. The summed E-state index contributed by atoms with van der Waals surface area (Å²) in [5.74, 6) is 0.724. The van der Waals surface area contributed by atoms with Crippen LogP contribution in [0.4, 0.5) is 13.2 Å². The van der Waals surface area contributed by atoms with Gasteiger partial charge in [-0.1, -0.05) is 25.7 Å². The molecule has 1 unspecified atom stereocenters. The normalized spacial score (nSPS) is 20.8. The zero-order valence-electron chi connectivity index (χ0n) is 9.02. The van der Waals surface area contributed by atoms with Crippen molar-refractivity contribution >= 4 is 0 Å². The smallest absolute Gasteiger partial charge is 0.328 e. The monoisotopic (exact) mass is 223 g/mol. The number of nitrogens with two attached hydrogens (primary N) is 1. The van der Waals surface area contributed by atoms with E-state index in [0.29, 0.717) is 0 Å². The van der Waals surface area contributed by atoms with Gasteiger partial charge < -0.3 is 5.73 Å². The Kier molecular flexibility index (Phi) is 4.90. The topological polar surface area (TPSA) is 26.0 Å². The van der Waals surface area contributed by atoms with E-state index in [-0.39, 0.29) is 12.5 Å². The van der Waals surface area contributed by atoms with Gasteiger partial charge in [-0.05, 0) is 25.2 Å². The molecule has 90 valence electrons. The molecule has 1 rings (SSSR count). The maximum Gasteiger partial charge on any atom is 0.389 e. The first-order valence-electron chi connectivity index (χ1n) is 5.80. The van der Waals surface area contributed by atoms with Crippen LogP contribution in [0.25, 0.3) is 0 Å². The Balaban J connectivity index is 2.05. The van der Waals surface area contributed by atoms with E-state index in [1.54, 1.807) is 0 Å². The van der Waals surface area contributed by atoms with E-state index in [1.165, 1.54) is 25.7 Å². The number of halogens is 3. The Bertz CT molecular complexity index is 173. The van der Waals surface area contributed by atoms with Crippen LogP contribution >= 0.6 is 0 Å². The van der Waals surface area contributed by atoms with Crippen LogP contribution in [0.5, 0.6) is 0 Å². The van der Waals surface area contributed by atoms with E-state index in [9.17, 15) is 13.2 Å². The SMILES string of the molecule is NC(CCC1CCCC1)CCC(F)(F)F. The average molecular weight is 223 g/mol. The molecule has 1 atom stereocenters. The molecule has 15 heavy (non-hydrogen) atoms. The number of hydrogen-bond acceptors (Lipinski definition) is 1. The lowest BCUT2D eigenvalue weighted by atomic mass is 9.97. The van der Waals surface area contributed by atoms with Gasteiger partial charge in [0.25, 0.3) is 0 Å². The van der Waals surface area contributed by atoms with E-state index in [2.05, 4.69) is 0 Å². The van der Waals surface area contributed by atoms with E-state index >= 15 is 0 Å². The Hall–Kier alpha value is -0.250. The molecule has 0 amide bonds. The molecule has 0 saturated heterocycles. The molecule has 0 radical (unpaired) electrons. The highest BCUT2D eigenvalue weighted by Gasteiger charge is 2.27. The minimum absolute atomic E-state index is 0.0796. The van der Waals surface area contributed by atoms with Crippen molar-refractivity contribution in [3.05, 3.63) is 0 Å². The second kappa shape index (κ2) is 5.73. The van der Waals surface area contributed by atoms with Gasteiger partial charge in [-0.3, -0.25) is 0 Å². The summed E-state index contributed by atoms with van der Waals surface area (Å²) in [6.45, 7) is 0. The molecule has 0 bridgehead atoms. The Morgan fingerprint density at radius 3 is 2.27 bits per heavy atom. The summed E-state index contributed by atoms with van der Waals surface area (Å²) < 4.78 is 35.7. The third kappa shape index (κ3) is 6.03. The van der Waals surface area contributed by atoms with Gasteiger partial charge in [0.15, 0.2) is 0 Å². The van der Waals surface area contributed by atoms with E-state index in [4.69, 9.17) is 5.73 Å². The lowest BCUT2D eigenvalue weighted by molar-refractivity contribution is -0.136. The first-order valence-corrected chi connectivity index (χ1v) is 5.80. The third-order valence-electron chi connectivity index (χ3n) is 3.22. The molecule has 1 aliphatic carbocycles. The molecule has 1 aliphatic rings. The molecule has 0 aliphatic heterocycles. The van der Waals surface area contributed by atoms with Gasteiger partial charge in [0.05, 0.1) is 0 Å². The summed E-state index contributed by atoms with van der Waals surface area (Å²) in [5.41, 5.74) is 5.66. The van der Waals surface area contributed by atoms with Crippen molar-refractivity contribution in [2.45, 2.75) is 63.6 Å². The quantitative estimate of drug-likeness (QED) is 0.756. The molecular formula is C11H20F3N. The molecule has 0 spiro atoms. The Morgan fingerprint density at radius 2 is 1.73 bits per heavy atom. The van der Waals surface area contributed by atoms with Crippen LogP contribution in [0.1, 0.15) is 51.4 Å². The van der Waals surface area contributed by atoms with Gasteiger partial charge in [0.1, 0.15) is 0 Å². The number of alkyl halides is 3. The molecule has 0 aromatic carbocycles. The van der Waals surface area contributed by atoms with Crippen LogP contribution in [0.2, 0.25) is 0 Å². The van der Waals surface area contributed by atoms with Crippen LogP contribution in [-0.2, 0) is 0 Å². The molecule has 1 fully saturated rings. The van der Waals surface area contributed by atoms with Gasteiger partial charge in [-0.15, -0.1) is 0 Å². The van der Waals surface area contributed by atoms with Gasteiger partial charge in [-0.25, -0.2) is 0 Å². The molecule has 1 saturated carbocycles. The average Bonchev–Trinajstić information content (AvgIpc) is 2.62. The van der Waals surface area contributed by atoms with Crippen molar-refractivity contribution in [3.63, 3.8) is 0 Å². The van der Waals surface area contributed by atoms with Crippen LogP contribution < -0.4 is 5.73 Å². The second-order valence-electron chi connectivity index (χ2n) is 4.64. The highest BCUT2D eigenvalue weighted by atomic mass is 19.4. The van der Waals surface area contributed by atoms with Gasteiger partial charge in [0, 0.05) is 12.5 Å². The van der Waals surface area contributed by atoms with Crippen LogP contribution in [0.15, 0.2) is 0 Å². The molecule has 0 aromatic heterocycles. The standard InChI is InChI=1S/C11H20F3N/c12-11(13,14)8-7-10(15)6-5-9-3-1-2-4-9/h9-10H,1-8,15H2. The maximum absolute atomic E-state index is 11.9. The van der Waals surface area contributed by atoms with Crippen molar-refractivity contribution in [3.8, 4) is 0 Å². The van der Waals surface area contributed by atoms with Crippen LogP contribution in [0, 0.1) is 5.92 Å². The van der Waals surface area contributed by atoms with Crippen molar-refractivity contribution < 1.29 is 13.2 Å². The Morgan fingerprint density at radius 1 is 1.13 bits per heavy atom. The molecule has 1 nitrogen and oxygen atoms in total. The van der Waals surface area contributed by atoms with E-state index < -0.39 is 12.6 Å². The first kappa shape index (κ1) is 12.8. The zero-order valence-corrected chi connectivity index (χ0v) is 9.02. The zero-order chi connectivity index (χ0) is 11.3. The second-order valence-corrected chi connectivity index (χ2v) is 4.64. The summed E-state index contributed by atoms with van der Waals surface area (Å²) in [7, 11) is 0. The number of rotatable bonds is 5. The fourth-order valence-corrected chi connectivity index (χ4v) is 2.24. The minimum atomic E-state index is -4.05. The van der Waals surface area contributed by atoms with Crippen LogP contribution in [0.3, 0.4) is 0 Å². The summed E-state index contributed by atoms with van der Waals surface area (Å²) in [4.78, 5) is 0. The summed E-state index contributed by atoms with van der Waals surface area (Å²) in [6.07, 6.45) is 2.10. The highest BCUT2D eigenvalue weighted by Crippen LogP contribution is 2.29. The number of hydrogen-bond donors (Lipinski definition) is 1. The van der Waals surface area contributed by atoms with Crippen molar-refractivity contribution in [1.82, 2.24) is 0 Å². The lowest BCUT2D eigenvalue weighted by Crippen LogP contribution is -2.23. The predicted molar refractivity (Wildman–Crippen MR) is 54.5 cm³/mol. The fraction of sp³-hybridized carbons (Fsp3) is 1.00. The van der Waals surface area contributed by atoms with Gasteiger partial charge in [-0.2, -0.15) is 13.2 Å². The van der Waals surface area contributed by atoms with Crippen molar-refractivity contribution in [1.29, 1.82) is 0 Å². The van der Waals surface area contributed by atoms with E-state index in [1.807, 2.05) is 0 Å². The summed E-state index contributed by atoms with van der Waals surface area (Å²) >= 11 is 0. The summed E-state index contributed by atoms with van der Waals surface area (Å²) in [5, 5.41) is 0. The predicted octanol–water partition coefficient (Wildman–Crippen LogP) is 3.63. The molecule has 0 aromatic rings. The molecule has 4 heteroatoms. The van der Waals surface area contributed by atoms with Crippen molar-refractivity contribution in [2.24, 2.45) is 11.7 Å². The summed E-state index contributed by atoms with van der Waals surface area (Å²) in [6, 6.07) is -0.271. The van der Waals surface area contributed by atoms with Gasteiger partial charge in [0.2, 0.25) is 0 Å². The van der Waals surface area contributed by atoms with Crippen molar-refractivity contribution in [2.75, 3.05) is 0 Å². The van der Waals surface area contributed by atoms with Gasteiger partial charge >= 0.3 is 6.18 Å². The fourth-order valence-electron chi connectivity index (χ4n) is 2.24. The van der Waals surface area contributed by atoms with E-state index in [0.717, 1.165) is 18.8 Å². The van der Waals surface area contributed by atoms with Crippen LogP contribution in [-0.4, -0.2) is 12.2 Å². The Labute approximate surface area is 89.2 Å². The molecular weight excluding hydrogens is 203 g/mol. The highest BCUT2D eigenvalue weighted by molar-refractivity contribution is 4.71. The molecule has 2 N–H and O–H groups in total. The lowest BCUT2D eigenvalue weighted by Gasteiger charge is -2.15.